The number of hydrogen-bond donors (Lipinski definition) is 1. The van der Waals surface area contributed by atoms with Gasteiger partial charge in [0.15, 0.2) is 0 Å². The van der Waals surface area contributed by atoms with Crippen LogP contribution in [-0.4, -0.2) is 16.6 Å². The van der Waals surface area contributed by atoms with Gasteiger partial charge in [-0.1, -0.05) is 78.3 Å². The summed E-state index contributed by atoms with van der Waals surface area (Å²) in [7, 11) is 0. The molecule has 1 amide bonds. The van der Waals surface area contributed by atoms with Gasteiger partial charge in [-0.05, 0) is 30.7 Å². The Morgan fingerprint density at radius 2 is 1.62 bits per heavy atom. The number of nitrogens with zero attached hydrogens (tertiary/aromatic N) is 2. The molecule has 0 unspecified atom stereocenters. The Morgan fingerprint density at radius 1 is 0.931 bits per heavy atom. The summed E-state index contributed by atoms with van der Waals surface area (Å²) >= 11 is 6.35. The molecule has 0 saturated carbocycles. The molecule has 4 rings (SSSR count). The number of pyridine rings is 1. The summed E-state index contributed by atoms with van der Waals surface area (Å²) in [5.41, 5.74) is 6.98. The predicted molar refractivity (Wildman–Crippen MR) is 118 cm³/mol. The zero-order chi connectivity index (χ0) is 20.2. The fraction of sp³-hybridized carbons (Fsp3) is 0.0417. The maximum atomic E-state index is 13.0. The molecule has 0 aliphatic carbocycles. The average molecular weight is 400 g/mol. The Bertz CT molecular complexity index is 1220. The third kappa shape index (κ3) is 4.03. The van der Waals surface area contributed by atoms with Crippen LogP contribution in [0.1, 0.15) is 22.8 Å². The number of hydrazone groups is 1. The standard InChI is InChI=1S/C24H18ClN3O/c1-16(17-9-3-2-4-10-17)27-28-24(29)20-15-23(19-12-5-7-13-21(19)25)26-22-14-8-6-11-18(20)22/h2-15H,1H3,(H,28,29)/b27-16-. The second-order valence-corrected chi connectivity index (χ2v) is 6.96. The van der Waals surface area contributed by atoms with Crippen molar-refractivity contribution in [3.63, 3.8) is 0 Å². The molecule has 0 spiro atoms. The molecule has 29 heavy (non-hydrogen) atoms. The molecule has 4 aromatic rings. The van der Waals surface area contributed by atoms with Crippen molar-refractivity contribution in [2.24, 2.45) is 5.10 Å². The van der Waals surface area contributed by atoms with Crippen LogP contribution in [0.15, 0.2) is 90.0 Å². The highest BCUT2D eigenvalue weighted by molar-refractivity contribution is 6.33. The lowest BCUT2D eigenvalue weighted by molar-refractivity contribution is 0.0956. The quantitative estimate of drug-likeness (QED) is 0.353. The van der Waals surface area contributed by atoms with Crippen molar-refractivity contribution in [1.82, 2.24) is 10.4 Å². The molecule has 1 heterocycles. The van der Waals surface area contributed by atoms with Crippen molar-refractivity contribution in [2.75, 3.05) is 0 Å². The first kappa shape index (κ1) is 18.8. The lowest BCUT2D eigenvalue weighted by Crippen LogP contribution is -2.20. The van der Waals surface area contributed by atoms with Crippen LogP contribution in [0.2, 0.25) is 5.02 Å². The van der Waals surface area contributed by atoms with Crippen LogP contribution in [0.4, 0.5) is 0 Å². The third-order valence-electron chi connectivity index (χ3n) is 4.63. The minimum absolute atomic E-state index is 0.299. The van der Waals surface area contributed by atoms with Gasteiger partial charge in [-0.25, -0.2) is 10.4 Å². The van der Waals surface area contributed by atoms with E-state index in [0.29, 0.717) is 16.3 Å². The Morgan fingerprint density at radius 3 is 2.41 bits per heavy atom. The van der Waals surface area contributed by atoms with E-state index in [1.807, 2.05) is 79.7 Å². The molecule has 3 aromatic carbocycles. The monoisotopic (exact) mass is 399 g/mol. The van der Waals surface area contributed by atoms with E-state index in [-0.39, 0.29) is 5.91 Å². The molecule has 1 N–H and O–H groups in total. The van der Waals surface area contributed by atoms with E-state index in [0.717, 1.165) is 27.7 Å². The highest BCUT2D eigenvalue weighted by Gasteiger charge is 2.15. The summed E-state index contributed by atoms with van der Waals surface area (Å²) in [6, 6.07) is 26.4. The fourth-order valence-electron chi connectivity index (χ4n) is 3.11. The number of amides is 1. The molecule has 0 atom stereocenters. The van der Waals surface area contributed by atoms with Crippen molar-refractivity contribution in [3.05, 3.63) is 101 Å². The second-order valence-electron chi connectivity index (χ2n) is 6.56. The van der Waals surface area contributed by atoms with E-state index < -0.39 is 0 Å². The molecule has 0 aliphatic rings. The number of hydrogen-bond acceptors (Lipinski definition) is 3. The SMILES string of the molecule is C/C(=N/NC(=O)c1cc(-c2ccccc2Cl)nc2ccccc12)c1ccccc1. The number of carbonyl (C=O) groups is 1. The number of carbonyl (C=O) groups excluding carboxylic acids is 1. The summed E-state index contributed by atoms with van der Waals surface area (Å²) in [6.07, 6.45) is 0. The van der Waals surface area contributed by atoms with E-state index in [9.17, 15) is 4.79 Å². The molecule has 5 heteroatoms. The van der Waals surface area contributed by atoms with Gasteiger partial charge in [-0.2, -0.15) is 5.10 Å². The van der Waals surface area contributed by atoms with Gasteiger partial charge in [-0.15, -0.1) is 0 Å². The van der Waals surface area contributed by atoms with E-state index >= 15 is 0 Å². The van der Waals surface area contributed by atoms with E-state index in [1.165, 1.54) is 0 Å². The average Bonchev–Trinajstić information content (AvgIpc) is 2.77. The molecule has 0 bridgehead atoms. The molecule has 1 aromatic heterocycles. The molecular formula is C24H18ClN3O. The first-order valence-corrected chi connectivity index (χ1v) is 9.56. The van der Waals surface area contributed by atoms with Crippen molar-refractivity contribution < 1.29 is 4.79 Å². The zero-order valence-electron chi connectivity index (χ0n) is 15.8. The topological polar surface area (TPSA) is 54.4 Å². The molecule has 4 nitrogen and oxygen atoms in total. The minimum atomic E-state index is -0.299. The number of halogens is 1. The Labute approximate surface area is 173 Å². The highest BCUT2D eigenvalue weighted by Crippen LogP contribution is 2.29. The number of aromatic nitrogens is 1. The van der Waals surface area contributed by atoms with Crippen molar-refractivity contribution in [1.29, 1.82) is 0 Å². The highest BCUT2D eigenvalue weighted by atomic mass is 35.5. The Hall–Kier alpha value is -3.50. The fourth-order valence-corrected chi connectivity index (χ4v) is 3.34. The molecule has 0 fully saturated rings. The molecule has 142 valence electrons. The summed E-state index contributed by atoms with van der Waals surface area (Å²) in [4.78, 5) is 17.7. The largest absolute Gasteiger partial charge is 0.272 e. The van der Waals surface area contributed by atoms with Crippen LogP contribution >= 0.6 is 11.6 Å². The second kappa shape index (κ2) is 8.25. The van der Waals surface area contributed by atoms with Gasteiger partial charge < -0.3 is 0 Å². The van der Waals surface area contributed by atoms with Crippen LogP contribution in [0, 0.1) is 0 Å². The molecule has 0 radical (unpaired) electrons. The third-order valence-corrected chi connectivity index (χ3v) is 4.96. The summed E-state index contributed by atoms with van der Waals surface area (Å²) in [5.74, 6) is -0.299. The Balaban J connectivity index is 1.74. The molecular weight excluding hydrogens is 382 g/mol. The first-order chi connectivity index (χ1) is 14.1. The minimum Gasteiger partial charge on any atom is -0.267 e. The van der Waals surface area contributed by atoms with Gasteiger partial charge in [-0.3, -0.25) is 4.79 Å². The van der Waals surface area contributed by atoms with Gasteiger partial charge in [0.1, 0.15) is 0 Å². The van der Waals surface area contributed by atoms with E-state index in [4.69, 9.17) is 16.6 Å². The normalized spacial score (nSPS) is 11.4. The Kier molecular flexibility index (Phi) is 5.36. The van der Waals surface area contributed by atoms with Gasteiger partial charge in [0.25, 0.3) is 5.91 Å². The lowest BCUT2D eigenvalue weighted by Gasteiger charge is -2.10. The van der Waals surface area contributed by atoms with Crippen molar-refractivity contribution in [2.45, 2.75) is 6.92 Å². The van der Waals surface area contributed by atoms with Crippen molar-refractivity contribution in [3.8, 4) is 11.3 Å². The number of fused-ring (bicyclic) bond motifs is 1. The number of benzene rings is 3. The van der Waals surface area contributed by atoms with Gasteiger partial charge in [0, 0.05) is 16.0 Å². The predicted octanol–water partition coefficient (Wildman–Crippen LogP) is 5.71. The van der Waals surface area contributed by atoms with Gasteiger partial charge >= 0.3 is 0 Å². The van der Waals surface area contributed by atoms with E-state index in [1.54, 1.807) is 12.1 Å². The first-order valence-electron chi connectivity index (χ1n) is 9.18. The van der Waals surface area contributed by atoms with Crippen LogP contribution in [-0.2, 0) is 0 Å². The van der Waals surface area contributed by atoms with E-state index in [2.05, 4.69) is 10.5 Å². The van der Waals surface area contributed by atoms with Crippen molar-refractivity contribution >= 4 is 34.1 Å². The zero-order valence-corrected chi connectivity index (χ0v) is 16.5. The summed E-state index contributed by atoms with van der Waals surface area (Å²) in [6.45, 7) is 1.86. The summed E-state index contributed by atoms with van der Waals surface area (Å²) < 4.78 is 0. The van der Waals surface area contributed by atoms with Crippen LogP contribution in [0.25, 0.3) is 22.2 Å². The maximum absolute atomic E-state index is 13.0. The number of para-hydroxylation sites is 1. The maximum Gasteiger partial charge on any atom is 0.272 e. The van der Waals surface area contributed by atoms with Crippen LogP contribution in [0.3, 0.4) is 0 Å². The number of rotatable bonds is 4. The molecule has 0 saturated heterocycles. The molecule has 0 aliphatic heterocycles. The number of nitrogens with one attached hydrogen (secondary N) is 1. The van der Waals surface area contributed by atoms with Crippen LogP contribution < -0.4 is 5.43 Å². The smallest absolute Gasteiger partial charge is 0.267 e. The lowest BCUT2D eigenvalue weighted by atomic mass is 10.0. The van der Waals surface area contributed by atoms with Gasteiger partial charge in [0.2, 0.25) is 0 Å². The van der Waals surface area contributed by atoms with Crippen LogP contribution in [0.5, 0.6) is 0 Å². The summed E-state index contributed by atoms with van der Waals surface area (Å²) in [5, 5.41) is 5.61. The van der Waals surface area contributed by atoms with Gasteiger partial charge in [0.05, 0.1) is 22.5 Å².